The highest BCUT2D eigenvalue weighted by molar-refractivity contribution is 5.81. The summed E-state index contributed by atoms with van der Waals surface area (Å²) in [7, 11) is 0. The molecule has 0 aromatic heterocycles. The number of aliphatic hydroxyl groups is 13. The number of hydrogen-bond acceptors (Lipinski definition) is 16. The Kier molecular flexibility index (Phi) is 18.7. The molecule has 19 nitrogen and oxygen atoms in total. The highest BCUT2D eigenvalue weighted by Crippen LogP contribution is 2.68. The molecule has 19 atom stereocenters. The molecule has 19 heteroatoms. The summed E-state index contributed by atoms with van der Waals surface area (Å²) in [5.74, 6) is -1.73. The monoisotopic (exact) mass is 878 g/mol. The number of carbonyl (C=O) groups is 3. The number of nitrogens with one attached hydrogen (secondary N) is 2. The first-order chi connectivity index (χ1) is 28.6. The van der Waals surface area contributed by atoms with Crippen LogP contribution in [0, 0.1) is 46.3 Å². The second-order valence-corrected chi connectivity index (χ2v) is 19.1. The number of hydrogen-bond donors (Lipinski definition) is 15. The van der Waals surface area contributed by atoms with E-state index in [1.54, 1.807) is 0 Å². The van der Waals surface area contributed by atoms with Gasteiger partial charge in [0.1, 0.15) is 36.6 Å². The van der Waals surface area contributed by atoms with E-state index in [1.807, 2.05) is 0 Å². The van der Waals surface area contributed by atoms with E-state index in [9.17, 15) is 70.6 Å². The fourth-order valence-corrected chi connectivity index (χ4v) is 11.7. The number of nitrogens with zero attached hydrogens (tertiary/aromatic N) is 1. The third-order valence-electron chi connectivity index (χ3n) is 15.5. The molecule has 61 heavy (non-hydrogen) atoms. The first kappa shape index (κ1) is 51.5. The lowest BCUT2D eigenvalue weighted by molar-refractivity contribution is -0.207. The Labute approximate surface area is 357 Å². The first-order valence-corrected chi connectivity index (χ1v) is 22.2. The highest BCUT2D eigenvalue weighted by atomic mass is 16.4. The van der Waals surface area contributed by atoms with Crippen LogP contribution in [0.25, 0.3) is 0 Å². The molecule has 4 rings (SSSR count). The molecule has 0 aromatic rings. The molecule has 15 N–H and O–H groups in total. The topological polar surface area (TPSA) is 342 Å². The Bertz CT molecular complexity index is 1380. The third kappa shape index (κ3) is 11.4. The first-order valence-electron chi connectivity index (χ1n) is 22.2. The molecule has 4 aliphatic carbocycles. The minimum Gasteiger partial charge on any atom is -0.394 e. The largest absolute Gasteiger partial charge is 0.394 e. The van der Waals surface area contributed by atoms with Gasteiger partial charge in [0.05, 0.1) is 31.5 Å². The van der Waals surface area contributed by atoms with Crippen molar-refractivity contribution in [3.8, 4) is 0 Å². The highest BCUT2D eigenvalue weighted by Gasteiger charge is 2.65. The van der Waals surface area contributed by atoms with E-state index in [0.29, 0.717) is 25.7 Å². The van der Waals surface area contributed by atoms with Gasteiger partial charge in [0, 0.05) is 32.6 Å². The van der Waals surface area contributed by atoms with Crippen LogP contribution in [0.2, 0.25) is 0 Å². The molecule has 4 saturated carbocycles. The van der Waals surface area contributed by atoms with Crippen LogP contribution in [-0.2, 0) is 14.4 Å². The van der Waals surface area contributed by atoms with Crippen molar-refractivity contribution >= 4 is 17.7 Å². The van der Waals surface area contributed by atoms with Crippen LogP contribution < -0.4 is 10.6 Å². The zero-order valence-electron chi connectivity index (χ0n) is 35.8. The fourth-order valence-electron chi connectivity index (χ4n) is 11.7. The summed E-state index contributed by atoms with van der Waals surface area (Å²) in [5.41, 5.74) is -0.524. The fraction of sp³-hybridized carbons (Fsp3) is 0.929. The summed E-state index contributed by atoms with van der Waals surface area (Å²) in [6.07, 6.45) is -11.3. The van der Waals surface area contributed by atoms with Crippen molar-refractivity contribution in [2.24, 2.45) is 46.3 Å². The standard InChI is InChI=1S/C42H75N3O16/c1-21(24-7-8-25-32-26(18-30(52)42(24,25)3)41(2)11-10-23(48)16-22(41)17-27(32)49)6-9-31(53)45(14-4-12-43-39(60)37(58)35(56)33(54)28(50)19-46)15-5-13-44-40(61)38(59)36(57)34(55)29(51)20-47/h21-30,32-38,46-52,54-59H,4-20H2,1-3H3,(H,43,60)(H,44,61)/t21-,22?,23?,24-,25+,26+,27?,28?,29?,30?,32+,33?,34?,35?,36?,37?,38?,41+,42-/m1/s1. The average Bonchev–Trinajstić information content (AvgIpc) is 3.61. The van der Waals surface area contributed by atoms with Crippen LogP contribution in [-0.4, -0.2) is 196 Å². The summed E-state index contributed by atoms with van der Waals surface area (Å²) in [6.45, 7) is 4.76. The van der Waals surface area contributed by atoms with Crippen molar-refractivity contribution in [2.75, 3.05) is 39.4 Å². The molecule has 0 aliphatic heterocycles. The summed E-state index contributed by atoms with van der Waals surface area (Å²) < 4.78 is 0. The van der Waals surface area contributed by atoms with Gasteiger partial charge in [-0.15, -0.1) is 0 Å². The lowest BCUT2D eigenvalue weighted by Crippen LogP contribution is -2.62. The molecular formula is C42H75N3O16. The van der Waals surface area contributed by atoms with Gasteiger partial charge in [0.2, 0.25) is 5.91 Å². The van der Waals surface area contributed by atoms with Gasteiger partial charge in [-0.1, -0.05) is 20.8 Å². The Morgan fingerprint density at radius 1 is 0.705 bits per heavy atom. The molecule has 12 unspecified atom stereocenters. The van der Waals surface area contributed by atoms with Crippen LogP contribution in [0.4, 0.5) is 0 Å². The van der Waals surface area contributed by atoms with Gasteiger partial charge < -0.3 is 81.9 Å². The van der Waals surface area contributed by atoms with Crippen molar-refractivity contribution in [1.82, 2.24) is 15.5 Å². The van der Waals surface area contributed by atoms with Crippen LogP contribution in [0.1, 0.15) is 91.4 Å². The number of carbonyl (C=O) groups excluding carboxylic acids is 3. The smallest absolute Gasteiger partial charge is 0.251 e. The molecule has 0 radical (unpaired) electrons. The molecule has 0 aromatic carbocycles. The maximum atomic E-state index is 13.9. The van der Waals surface area contributed by atoms with E-state index in [-0.39, 0.29) is 98.4 Å². The van der Waals surface area contributed by atoms with E-state index < -0.39 is 91.5 Å². The lowest BCUT2D eigenvalue weighted by atomic mass is 9.43. The normalized spacial score (nSPS) is 35.5. The summed E-state index contributed by atoms with van der Waals surface area (Å²) in [4.78, 5) is 40.3. The van der Waals surface area contributed by atoms with Gasteiger partial charge >= 0.3 is 0 Å². The number of aliphatic hydroxyl groups excluding tert-OH is 13. The molecule has 354 valence electrons. The Morgan fingerprint density at radius 3 is 1.74 bits per heavy atom. The van der Waals surface area contributed by atoms with Crippen molar-refractivity contribution in [3.63, 3.8) is 0 Å². The van der Waals surface area contributed by atoms with E-state index in [1.165, 1.54) is 4.90 Å². The number of rotatable bonds is 22. The van der Waals surface area contributed by atoms with Crippen molar-refractivity contribution < 1.29 is 80.8 Å². The molecule has 0 heterocycles. The van der Waals surface area contributed by atoms with E-state index in [0.717, 1.165) is 25.7 Å². The maximum Gasteiger partial charge on any atom is 0.251 e. The molecule has 4 aliphatic rings. The quantitative estimate of drug-likeness (QED) is 0.0462. The second-order valence-electron chi connectivity index (χ2n) is 19.1. The van der Waals surface area contributed by atoms with Crippen molar-refractivity contribution in [3.05, 3.63) is 0 Å². The van der Waals surface area contributed by atoms with Crippen molar-refractivity contribution in [2.45, 2.75) is 159 Å². The van der Waals surface area contributed by atoms with Crippen LogP contribution >= 0.6 is 0 Å². The van der Waals surface area contributed by atoms with Gasteiger partial charge in [-0.25, -0.2) is 0 Å². The molecule has 3 amide bonds. The van der Waals surface area contributed by atoms with Crippen LogP contribution in [0.5, 0.6) is 0 Å². The Morgan fingerprint density at radius 2 is 1.23 bits per heavy atom. The van der Waals surface area contributed by atoms with E-state index in [4.69, 9.17) is 10.2 Å². The number of fused-ring (bicyclic) bond motifs is 5. The second kappa shape index (κ2) is 22.2. The minimum atomic E-state index is -2.13. The van der Waals surface area contributed by atoms with Crippen LogP contribution in [0.15, 0.2) is 0 Å². The zero-order valence-corrected chi connectivity index (χ0v) is 35.8. The zero-order chi connectivity index (χ0) is 45.6. The van der Waals surface area contributed by atoms with Crippen molar-refractivity contribution in [1.29, 1.82) is 0 Å². The maximum absolute atomic E-state index is 13.9. The van der Waals surface area contributed by atoms with E-state index in [2.05, 4.69) is 31.4 Å². The van der Waals surface area contributed by atoms with E-state index >= 15 is 0 Å². The van der Waals surface area contributed by atoms with Gasteiger partial charge in [-0.05, 0) is 111 Å². The molecule has 0 saturated heterocycles. The predicted octanol–water partition coefficient (Wildman–Crippen LogP) is -3.92. The molecule has 4 fully saturated rings. The van der Waals surface area contributed by atoms with Gasteiger partial charge in [0.25, 0.3) is 11.8 Å². The summed E-state index contributed by atoms with van der Waals surface area (Å²) in [6, 6.07) is 0. The lowest BCUT2D eigenvalue weighted by Gasteiger charge is -2.63. The Hall–Kier alpha value is -2.11. The SMILES string of the molecule is C[C@H](CCC(=O)N(CCCNC(=O)C(O)C(O)C(O)C(O)CO)CCCNC(=O)C(O)C(O)C(O)C(O)CO)[C@H]1CC[C@H]2[C@@H]3C(O)CC4CC(O)CC[C@]4(C)[C@H]3CC(O)[C@]12C. The third-order valence-corrected chi connectivity index (χ3v) is 15.5. The molecule has 0 spiro atoms. The van der Waals surface area contributed by atoms with Gasteiger partial charge in [0.15, 0.2) is 12.2 Å². The summed E-state index contributed by atoms with van der Waals surface area (Å²) >= 11 is 0. The number of amides is 3. The molecule has 0 bridgehead atoms. The Balaban J connectivity index is 1.37. The van der Waals surface area contributed by atoms with Crippen LogP contribution in [0.3, 0.4) is 0 Å². The average molecular weight is 878 g/mol. The predicted molar refractivity (Wildman–Crippen MR) is 216 cm³/mol. The minimum absolute atomic E-state index is 0.0275. The van der Waals surface area contributed by atoms with Gasteiger partial charge in [-0.3, -0.25) is 14.4 Å². The molecular weight excluding hydrogens is 802 g/mol. The van der Waals surface area contributed by atoms with Gasteiger partial charge in [-0.2, -0.15) is 0 Å². The summed E-state index contributed by atoms with van der Waals surface area (Å²) in [5, 5.41) is 136.